The van der Waals surface area contributed by atoms with Gasteiger partial charge in [0.25, 0.3) is 5.91 Å². The van der Waals surface area contributed by atoms with E-state index < -0.39 is 0 Å². The van der Waals surface area contributed by atoms with Crippen molar-refractivity contribution in [2.75, 3.05) is 18.8 Å². The Labute approximate surface area is 133 Å². The molecule has 1 amide bonds. The fraction of sp³-hybridized carbons (Fsp3) is 0.588. The Bertz CT molecular complexity index is 470. The molecule has 3 rings (SSSR count). The molecule has 1 aliphatic heterocycles. The minimum Gasteiger partial charge on any atom is -0.399 e. The number of benzene rings is 1. The van der Waals surface area contributed by atoms with Gasteiger partial charge in [-0.1, -0.05) is 19.3 Å². The largest absolute Gasteiger partial charge is 0.399 e. The molecule has 1 saturated heterocycles. The number of hydrogen-bond donors (Lipinski definition) is 1. The van der Waals surface area contributed by atoms with Crippen LogP contribution in [0.5, 0.6) is 0 Å². The van der Waals surface area contributed by atoms with Gasteiger partial charge in [-0.05, 0) is 55.4 Å². The molecule has 2 fully saturated rings. The van der Waals surface area contributed by atoms with Crippen molar-refractivity contribution in [1.29, 1.82) is 0 Å². The van der Waals surface area contributed by atoms with Crippen LogP contribution in [0.3, 0.4) is 0 Å². The summed E-state index contributed by atoms with van der Waals surface area (Å²) in [5, 5.41) is 0. The first kappa shape index (κ1) is 16.2. The van der Waals surface area contributed by atoms with Crippen molar-refractivity contribution in [3.05, 3.63) is 29.8 Å². The molecular weight excluding hydrogens is 284 g/mol. The molecule has 0 radical (unpaired) electrons. The van der Waals surface area contributed by atoms with Gasteiger partial charge in [-0.15, -0.1) is 12.4 Å². The van der Waals surface area contributed by atoms with Crippen molar-refractivity contribution in [1.82, 2.24) is 4.90 Å². The van der Waals surface area contributed by atoms with E-state index >= 15 is 0 Å². The molecule has 21 heavy (non-hydrogen) atoms. The third-order valence-electron chi connectivity index (χ3n) is 5.18. The first-order valence-corrected chi connectivity index (χ1v) is 7.83. The Balaban J connectivity index is 0.00000161. The third kappa shape index (κ3) is 3.52. The highest BCUT2D eigenvalue weighted by molar-refractivity contribution is 5.94. The Hall–Kier alpha value is -1.22. The summed E-state index contributed by atoms with van der Waals surface area (Å²) in [5.74, 6) is 0.163. The summed E-state index contributed by atoms with van der Waals surface area (Å²) in [7, 11) is 0. The van der Waals surface area contributed by atoms with Crippen LogP contribution in [0.1, 0.15) is 55.3 Å². The molecule has 1 saturated carbocycles. The van der Waals surface area contributed by atoms with E-state index in [1.54, 1.807) is 12.1 Å². The lowest BCUT2D eigenvalue weighted by molar-refractivity contribution is 0.0472. The summed E-state index contributed by atoms with van der Waals surface area (Å²) >= 11 is 0. The molecule has 0 aromatic heterocycles. The van der Waals surface area contributed by atoms with Gasteiger partial charge in [-0.2, -0.15) is 0 Å². The number of hydrogen-bond acceptors (Lipinski definition) is 2. The molecule has 1 heterocycles. The van der Waals surface area contributed by atoms with Gasteiger partial charge < -0.3 is 10.6 Å². The summed E-state index contributed by atoms with van der Waals surface area (Å²) in [6.07, 6.45) is 9.28. The van der Waals surface area contributed by atoms with Gasteiger partial charge in [0.1, 0.15) is 0 Å². The topological polar surface area (TPSA) is 46.3 Å². The van der Waals surface area contributed by atoms with E-state index in [9.17, 15) is 4.79 Å². The Morgan fingerprint density at radius 2 is 1.52 bits per heavy atom. The predicted molar refractivity (Wildman–Crippen MR) is 88.8 cm³/mol. The molecule has 4 heteroatoms. The lowest BCUT2D eigenvalue weighted by Gasteiger charge is -2.44. The van der Waals surface area contributed by atoms with Crippen LogP contribution in [0, 0.1) is 5.41 Å². The maximum Gasteiger partial charge on any atom is 0.253 e. The van der Waals surface area contributed by atoms with Crippen LogP contribution in [0.2, 0.25) is 0 Å². The van der Waals surface area contributed by atoms with Gasteiger partial charge in [0.2, 0.25) is 0 Å². The molecule has 1 spiro atoms. The fourth-order valence-corrected chi connectivity index (χ4v) is 3.79. The Morgan fingerprint density at radius 3 is 2.10 bits per heavy atom. The standard InChI is InChI=1S/C17H24N2O.ClH/c18-15-6-4-14(5-7-15)16(20)19-12-10-17(11-13-19)8-2-1-3-9-17;/h4-7H,1-3,8-13,18H2;1H. The van der Waals surface area contributed by atoms with Gasteiger partial charge in [0.05, 0.1) is 0 Å². The van der Waals surface area contributed by atoms with Crippen molar-refractivity contribution < 1.29 is 4.79 Å². The second-order valence-corrected chi connectivity index (χ2v) is 6.47. The lowest BCUT2D eigenvalue weighted by Crippen LogP contribution is -2.43. The number of carbonyl (C=O) groups excluding carboxylic acids is 1. The molecule has 3 nitrogen and oxygen atoms in total. The Kier molecular flexibility index (Phi) is 5.15. The van der Waals surface area contributed by atoms with Gasteiger partial charge in [-0.25, -0.2) is 0 Å². The predicted octanol–water partition coefficient (Wildman–Crippen LogP) is 3.88. The summed E-state index contributed by atoms with van der Waals surface area (Å²) in [5.41, 5.74) is 7.70. The van der Waals surface area contributed by atoms with E-state index in [1.807, 2.05) is 17.0 Å². The van der Waals surface area contributed by atoms with Crippen molar-refractivity contribution in [3.63, 3.8) is 0 Å². The SMILES string of the molecule is Cl.Nc1ccc(C(=O)N2CCC3(CCCCC3)CC2)cc1. The average molecular weight is 309 g/mol. The maximum absolute atomic E-state index is 12.5. The molecule has 1 aliphatic carbocycles. The monoisotopic (exact) mass is 308 g/mol. The van der Waals surface area contributed by atoms with Crippen LogP contribution in [0.25, 0.3) is 0 Å². The first-order chi connectivity index (χ1) is 9.69. The zero-order valence-electron chi connectivity index (χ0n) is 12.5. The number of amides is 1. The van der Waals surface area contributed by atoms with Crippen molar-refractivity contribution in [2.45, 2.75) is 44.9 Å². The van der Waals surface area contributed by atoms with Crippen LogP contribution >= 0.6 is 12.4 Å². The summed E-state index contributed by atoms with van der Waals surface area (Å²) < 4.78 is 0. The average Bonchev–Trinajstić information content (AvgIpc) is 2.49. The number of nitrogens with zero attached hydrogens (tertiary/aromatic N) is 1. The fourth-order valence-electron chi connectivity index (χ4n) is 3.79. The van der Waals surface area contributed by atoms with Crippen LogP contribution in [-0.2, 0) is 0 Å². The van der Waals surface area contributed by atoms with Crippen molar-refractivity contribution in [2.24, 2.45) is 5.41 Å². The highest BCUT2D eigenvalue weighted by Gasteiger charge is 2.36. The summed E-state index contributed by atoms with van der Waals surface area (Å²) in [6.45, 7) is 1.84. The van der Waals surface area contributed by atoms with Crippen LogP contribution in [-0.4, -0.2) is 23.9 Å². The molecule has 2 N–H and O–H groups in total. The summed E-state index contributed by atoms with van der Waals surface area (Å²) in [4.78, 5) is 14.5. The third-order valence-corrected chi connectivity index (χ3v) is 5.18. The minimum atomic E-state index is 0. The number of rotatable bonds is 1. The molecule has 1 aromatic carbocycles. The van der Waals surface area contributed by atoms with Gasteiger partial charge in [0, 0.05) is 24.3 Å². The number of nitrogen functional groups attached to an aromatic ring is 1. The second kappa shape index (κ2) is 6.69. The molecule has 116 valence electrons. The first-order valence-electron chi connectivity index (χ1n) is 7.83. The van der Waals surface area contributed by atoms with Crippen LogP contribution in [0.4, 0.5) is 5.69 Å². The highest BCUT2D eigenvalue weighted by Crippen LogP contribution is 2.44. The van der Waals surface area contributed by atoms with Gasteiger partial charge in [-0.3, -0.25) is 4.79 Å². The van der Waals surface area contributed by atoms with Crippen molar-refractivity contribution >= 4 is 24.0 Å². The molecule has 0 bridgehead atoms. The van der Waals surface area contributed by atoms with Crippen molar-refractivity contribution in [3.8, 4) is 0 Å². The summed E-state index contributed by atoms with van der Waals surface area (Å²) in [6, 6.07) is 7.28. The normalized spacial score (nSPS) is 20.9. The van der Waals surface area contributed by atoms with E-state index in [0.717, 1.165) is 18.7 Å². The number of likely N-dealkylation sites (tertiary alicyclic amines) is 1. The van der Waals surface area contributed by atoms with Crippen LogP contribution in [0.15, 0.2) is 24.3 Å². The molecule has 1 aromatic rings. The zero-order chi connectivity index (χ0) is 14.0. The second-order valence-electron chi connectivity index (χ2n) is 6.47. The molecule has 2 aliphatic rings. The Morgan fingerprint density at radius 1 is 0.952 bits per heavy atom. The number of nitrogens with two attached hydrogens (primary N) is 1. The molecular formula is C17H25ClN2O. The number of halogens is 1. The number of anilines is 1. The number of piperidine rings is 1. The van der Waals surface area contributed by atoms with E-state index in [2.05, 4.69) is 0 Å². The highest BCUT2D eigenvalue weighted by atomic mass is 35.5. The number of carbonyl (C=O) groups is 1. The van der Waals surface area contributed by atoms with Gasteiger partial charge >= 0.3 is 0 Å². The zero-order valence-corrected chi connectivity index (χ0v) is 13.3. The van der Waals surface area contributed by atoms with E-state index in [1.165, 1.54) is 44.9 Å². The van der Waals surface area contributed by atoms with Crippen LogP contribution < -0.4 is 5.73 Å². The lowest BCUT2D eigenvalue weighted by atomic mass is 9.68. The van der Waals surface area contributed by atoms with E-state index in [-0.39, 0.29) is 18.3 Å². The smallest absolute Gasteiger partial charge is 0.253 e. The molecule has 0 atom stereocenters. The van der Waals surface area contributed by atoms with E-state index in [0.29, 0.717) is 11.1 Å². The quantitative estimate of drug-likeness (QED) is 0.800. The molecule has 0 unspecified atom stereocenters. The minimum absolute atomic E-state index is 0. The maximum atomic E-state index is 12.5. The van der Waals surface area contributed by atoms with Gasteiger partial charge in [0.15, 0.2) is 0 Å². The van der Waals surface area contributed by atoms with E-state index in [4.69, 9.17) is 5.73 Å².